The Hall–Kier alpha value is -1.31. The summed E-state index contributed by atoms with van der Waals surface area (Å²) in [5.74, 6) is -0.163. The van der Waals surface area contributed by atoms with Crippen LogP contribution in [0.25, 0.3) is 0 Å². The van der Waals surface area contributed by atoms with E-state index in [-0.39, 0.29) is 12.1 Å². The standard InChI is InChI=1S/C21H34O2/c1-4-6-7-8-9-10-11-16-19(14-5-2)23-21(22)20-17-13-12-15-18(20)3/h12-13,15,17,19H,4-11,14,16H2,1-3H3. The predicted molar refractivity (Wildman–Crippen MR) is 97.9 cm³/mol. The van der Waals surface area contributed by atoms with Gasteiger partial charge in [0, 0.05) is 0 Å². The lowest BCUT2D eigenvalue weighted by atomic mass is 10.0. The van der Waals surface area contributed by atoms with Gasteiger partial charge >= 0.3 is 5.97 Å². The fourth-order valence-electron chi connectivity index (χ4n) is 2.93. The van der Waals surface area contributed by atoms with Crippen molar-refractivity contribution in [3.05, 3.63) is 35.4 Å². The summed E-state index contributed by atoms with van der Waals surface area (Å²) >= 11 is 0. The third-order valence-corrected chi connectivity index (χ3v) is 4.38. The molecule has 0 amide bonds. The van der Waals surface area contributed by atoms with E-state index in [9.17, 15) is 4.79 Å². The SMILES string of the molecule is CCCCCCCCCC(CCC)OC(=O)c1ccccc1C. The average molecular weight is 319 g/mol. The van der Waals surface area contributed by atoms with Crippen molar-refractivity contribution in [1.82, 2.24) is 0 Å². The molecule has 0 heterocycles. The van der Waals surface area contributed by atoms with Gasteiger partial charge < -0.3 is 4.74 Å². The number of carbonyl (C=O) groups excluding carboxylic acids is 1. The van der Waals surface area contributed by atoms with Gasteiger partial charge in [-0.05, 0) is 37.8 Å². The minimum atomic E-state index is -0.163. The van der Waals surface area contributed by atoms with E-state index in [1.807, 2.05) is 31.2 Å². The molecule has 0 fully saturated rings. The van der Waals surface area contributed by atoms with E-state index >= 15 is 0 Å². The van der Waals surface area contributed by atoms with Gasteiger partial charge in [0.2, 0.25) is 0 Å². The second-order valence-electron chi connectivity index (χ2n) is 6.54. The van der Waals surface area contributed by atoms with Gasteiger partial charge in [-0.2, -0.15) is 0 Å². The van der Waals surface area contributed by atoms with Crippen LogP contribution in [0, 0.1) is 6.92 Å². The number of carbonyl (C=O) groups is 1. The van der Waals surface area contributed by atoms with Crippen LogP contribution in [0.15, 0.2) is 24.3 Å². The Kier molecular flexibility index (Phi) is 10.4. The normalized spacial score (nSPS) is 12.1. The van der Waals surface area contributed by atoms with E-state index in [1.54, 1.807) is 0 Å². The van der Waals surface area contributed by atoms with E-state index in [0.717, 1.165) is 31.2 Å². The van der Waals surface area contributed by atoms with Crippen LogP contribution >= 0.6 is 0 Å². The molecule has 0 bridgehead atoms. The van der Waals surface area contributed by atoms with Crippen LogP contribution in [0.4, 0.5) is 0 Å². The van der Waals surface area contributed by atoms with Crippen molar-refractivity contribution in [3.63, 3.8) is 0 Å². The molecule has 0 aliphatic carbocycles. The molecular weight excluding hydrogens is 284 g/mol. The summed E-state index contributed by atoms with van der Waals surface area (Å²) in [7, 11) is 0. The Morgan fingerprint density at radius 2 is 1.57 bits per heavy atom. The Morgan fingerprint density at radius 3 is 2.22 bits per heavy atom. The second kappa shape index (κ2) is 12.2. The Morgan fingerprint density at radius 1 is 0.913 bits per heavy atom. The first-order valence-electron chi connectivity index (χ1n) is 9.45. The van der Waals surface area contributed by atoms with Crippen molar-refractivity contribution in [2.75, 3.05) is 0 Å². The molecule has 1 aromatic rings. The lowest BCUT2D eigenvalue weighted by Gasteiger charge is -2.18. The molecule has 1 rings (SSSR count). The molecule has 2 nitrogen and oxygen atoms in total. The third-order valence-electron chi connectivity index (χ3n) is 4.38. The zero-order chi connectivity index (χ0) is 16.9. The minimum absolute atomic E-state index is 0.0720. The highest BCUT2D eigenvalue weighted by molar-refractivity contribution is 5.91. The molecule has 0 aliphatic rings. The van der Waals surface area contributed by atoms with Crippen molar-refractivity contribution in [2.45, 2.75) is 91.1 Å². The number of aryl methyl sites for hydroxylation is 1. The van der Waals surface area contributed by atoms with Gasteiger partial charge in [-0.15, -0.1) is 0 Å². The zero-order valence-corrected chi connectivity index (χ0v) is 15.3. The predicted octanol–water partition coefficient (Wildman–Crippen LogP) is 6.46. The molecule has 0 N–H and O–H groups in total. The quantitative estimate of drug-likeness (QED) is 0.326. The third kappa shape index (κ3) is 8.20. The molecule has 0 aromatic heterocycles. The molecule has 2 heteroatoms. The summed E-state index contributed by atoms with van der Waals surface area (Å²) < 4.78 is 5.76. The zero-order valence-electron chi connectivity index (χ0n) is 15.3. The fourth-order valence-corrected chi connectivity index (χ4v) is 2.93. The van der Waals surface area contributed by atoms with Crippen LogP contribution in [0.1, 0.15) is 94.0 Å². The van der Waals surface area contributed by atoms with Crippen molar-refractivity contribution in [2.24, 2.45) is 0 Å². The first-order chi connectivity index (χ1) is 11.2. The maximum atomic E-state index is 12.3. The number of rotatable bonds is 12. The molecule has 0 saturated heterocycles. The summed E-state index contributed by atoms with van der Waals surface area (Å²) in [5.41, 5.74) is 1.69. The molecular formula is C21H34O2. The lowest BCUT2D eigenvalue weighted by Crippen LogP contribution is -2.19. The maximum absolute atomic E-state index is 12.3. The Labute approximate surface area is 142 Å². The van der Waals surface area contributed by atoms with Gasteiger partial charge in [-0.25, -0.2) is 4.79 Å². The van der Waals surface area contributed by atoms with Crippen LogP contribution in [0.5, 0.6) is 0 Å². The highest BCUT2D eigenvalue weighted by Gasteiger charge is 2.16. The molecule has 1 unspecified atom stereocenters. The first-order valence-corrected chi connectivity index (χ1v) is 9.45. The fraction of sp³-hybridized carbons (Fsp3) is 0.667. The number of hydrogen-bond acceptors (Lipinski definition) is 2. The molecule has 1 aromatic carbocycles. The number of benzene rings is 1. The van der Waals surface area contributed by atoms with Crippen LogP contribution in [-0.2, 0) is 4.74 Å². The van der Waals surface area contributed by atoms with Crippen LogP contribution in [0.2, 0.25) is 0 Å². The summed E-state index contributed by atoms with van der Waals surface area (Å²) in [6.07, 6.45) is 12.2. The highest BCUT2D eigenvalue weighted by atomic mass is 16.5. The Bertz CT molecular complexity index is 439. The van der Waals surface area contributed by atoms with Crippen molar-refractivity contribution in [3.8, 4) is 0 Å². The first kappa shape index (κ1) is 19.7. The summed E-state index contributed by atoms with van der Waals surface area (Å²) in [4.78, 5) is 12.3. The minimum Gasteiger partial charge on any atom is -0.459 e. The van der Waals surface area contributed by atoms with Gasteiger partial charge in [0.25, 0.3) is 0 Å². The van der Waals surface area contributed by atoms with Crippen molar-refractivity contribution >= 4 is 5.97 Å². The Balaban J connectivity index is 2.34. The van der Waals surface area contributed by atoms with Gasteiger partial charge in [-0.1, -0.05) is 77.0 Å². The van der Waals surface area contributed by atoms with Crippen LogP contribution in [0.3, 0.4) is 0 Å². The van der Waals surface area contributed by atoms with E-state index in [1.165, 1.54) is 38.5 Å². The van der Waals surface area contributed by atoms with Crippen LogP contribution < -0.4 is 0 Å². The summed E-state index contributed by atoms with van der Waals surface area (Å²) in [6.45, 7) is 6.36. The highest BCUT2D eigenvalue weighted by Crippen LogP contribution is 2.17. The van der Waals surface area contributed by atoms with Gasteiger partial charge in [-0.3, -0.25) is 0 Å². The van der Waals surface area contributed by atoms with Crippen molar-refractivity contribution in [1.29, 1.82) is 0 Å². The number of ether oxygens (including phenoxy) is 1. The number of unbranched alkanes of at least 4 members (excludes halogenated alkanes) is 6. The summed E-state index contributed by atoms with van der Waals surface area (Å²) in [6, 6.07) is 7.67. The maximum Gasteiger partial charge on any atom is 0.338 e. The number of esters is 1. The smallest absolute Gasteiger partial charge is 0.338 e. The van der Waals surface area contributed by atoms with Gasteiger partial charge in [0.05, 0.1) is 5.56 Å². The average Bonchev–Trinajstić information content (AvgIpc) is 2.54. The molecule has 0 radical (unpaired) electrons. The summed E-state index contributed by atoms with van der Waals surface area (Å²) in [5, 5.41) is 0. The largest absolute Gasteiger partial charge is 0.459 e. The molecule has 1 atom stereocenters. The van der Waals surface area contributed by atoms with Gasteiger partial charge in [0.1, 0.15) is 6.10 Å². The second-order valence-corrected chi connectivity index (χ2v) is 6.54. The molecule has 0 saturated carbocycles. The molecule has 130 valence electrons. The number of hydrogen-bond donors (Lipinski definition) is 0. The van der Waals surface area contributed by atoms with E-state index in [2.05, 4.69) is 13.8 Å². The van der Waals surface area contributed by atoms with Crippen LogP contribution in [-0.4, -0.2) is 12.1 Å². The monoisotopic (exact) mass is 318 g/mol. The molecule has 23 heavy (non-hydrogen) atoms. The van der Waals surface area contributed by atoms with E-state index in [4.69, 9.17) is 4.74 Å². The molecule has 0 aliphatic heterocycles. The lowest BCUT2D eigenvalue weighted by molar-refractivity contribution is 0.0253. The van der Waals surface area contributed by atoms with E-state index in [0.29, 0.717) is 5.56 Å². The topological polar surface area (TPSA) is 26.3 Å². The van der Waals surface area contributed by atoms with E-state index < -0.39 is 0 Å². The van der Waals surface area contributed by atoms with Crippen molar-refractivity contribution < 1.29 is 9.53 Å². The molecule has 0 spiro atoms. The van der Waals surface area contributed by atoms with Gasteiger partial charge in [0.15, 0.2) is 0 Å².